The number of carbonyl (C=O) groups excluding carboxylic acids is 1. The van der Waals surface area contributed by atoms with Crippen LogP contribution in [0.4, 0.5) is 0 Å². The van der Waals surface area contributed by atoms with Crippen LogP contribution >= 0.6 is 11.8 Å². The fourth-order valence-electron chi connectivity index (χ4n) is 3.48. The summed E-state index contributed by atoms with van der Waals surface area (Å²) in [6, 6.07) is 13.5. The molecule has 0 atom stereocenters. The van der Waals surface area contributed by atoms with Crippen molar-refractivity contribution >= 4 is 17.7 Å². The Bertz CT molecular complexity index is 1080. The highest BCUT2D eigenvalue weighted by Gasteiger charge is 2.32. The average molecular weight is 455 g/mol. The normalized spacial score (nSPS) is 13.8. The molecule has 1 aliphatic rings. The van der Waals surface area contributed by atoms with Gasteiger partial charge in [0.2, 0.25) is 5.91 Å². The molecule has 1 N–H and O–H groups in total. The van der Waals surface area contributed by atoms with Crippen molar-refractivity contribution in [1.82, 2.24) is 20.1 Å². The van der Waals surface area contributed by atoms with Crippen molar-refractivity contribution in [1.29, 1.82) is 0 Å². The fourth-order valence-corrected chi connectivity index (χ4v) is 4.24. The molecule has 1 amide bonds. The van der Waals surface area contributed by atoms with E-state index < -0.39 is 0 Å². The molecule has 0 spiro atoms. The van der Waals surface area contributed by atoms with Crippen LogP contribution in [0.2, 0.25) is 0 Å². The fraction of sp³-hybridized carbons (Fsp3) is 0.348. The first-order valence-electron chi connectivity index (χ1n) is 10.3. The molecule has 0 bridgehead atoms. The number of benzene rings is 2. The predicted octanol–water partition coefficient (Wildman–Crippen LogP) is 3.28. The van der Waals surface area contributed by atoms with Crippen LogP contribution in [0.3, 0.4) is 0 Å². The van der Waals surface area contributed by atoms with E-state index in [1.807, 2.05) is 41.0 Å². The molecule has 1 aromatic heterocycles. The van der Waals surface area contributed by atoms with Crippen LogP contribution in [-0.4, -0.2) is 52.3 Å². The summed E-state index contributed by atoms with van der Waals surface area (Å²) in [5.41, 5.74) is 1.82. The van der Waals surface area contributed by atoms with Gasteiger partial charge in [0.1, 0.15) is 24.3 Å². The second-order valence-electron chi connectivity index (χ2n) is 7.95. The van der Waals surface area contributed by atoms with E-state index in [2.05, 4.69) is 35.4 Å². The highest BCUT2D eigenvalue weighted by molar-refractivity contribution is 7.99. The molecular formula is C23H26N4O4S. The van der Waals surface area contributed by atoms with Gasteiger partial charge in [-0.3, -0.25) is 9.36 Å². The minimum atomic E-state index is -0.223. The zero-order valence-corrected chi connectivity index (χ0v) is 19.1. The number of nitrogens with one attached hydrogen (secondary N) is 1. The lowest BCUT2D eigenvalue weighted by Gasteiger charge is -2.18. The van der Waals surface area contributed by atoms with Gasteiger partial charge in [0, 0.05) is 17.7 Å². The Morgan fingerprint density at radius 1 is 1.25 bits per heavy atom. The highest BCUT2D eigenvalue weighted by Crippen LogP contribution is 2.41. The highest BCUT2D eigenvalue weighted by atomic mass is 32.2. The van der Waals surface area contributed by atoms with E-state index in [1.54, 1.807) is 13.4 Å². The molecule has 4 rings (SSSR count). The molecule has 168 valence electrons. The Labute approximate surface area is 191 Å². The van der Waals surface area contributed by atoms with E-state index in [9.17, 15) is 4.79 Å². The zero-order chi connectivity index (χ0) is 22.6. The molecule has 2 heterocycles. The third-order valence-corrected chi connectivity index (χ3v) is 5.88. The SMILES string of the molecule is COc1ccc(-n2cnnc2SCC(=O)NCCOc2cccc3c2OC(C)(C)C3)cc1. The Balaban J connectivity index is 1.23. The number of fused-ring (bicyclic) bond motifs is 1. The lowest BCUT2D eigenvalue weighted by Crippen LogP contribution is -2.29. The van der Waals surface area contributed by atoms with E-state index in [0.29, 0.717) is 24.1 Å². The number of hydrogen-bond donors (Lipinski definition) is 1. The molecule has 32 heavy (non-hydrogen) atoms. The number of rotatable bonds is 9. The van der Waals surface area contributed by atoms with Crippen molar-refractivity contribution in [2.45, 2.75) is 31.0 Å². The number of carbonyl (C=O) groups is 1. The van der Waals surface area contributed by atoms with Gasteiger partial charge in [-0.05, 0) is 44.2 Å². The molecule has 0 radical (unpaired) electrons. The molecule has 8 nitrogen and oxygen atoms in total. The smallest absolute Gasteiger partial charge is 0.230 e. The van der Waals surface area contributed by atoms with Crippen LogP contribution in [0, 0.1) is 0 Å². The minimum absolute atomic E-state index is 0.0986. The molecule has 3 aromatic rings. The summed E-state index contributed by atoms with van der Waals surface area (Å²) in [5.74, 6) is 2.42. The Morgan fingerprint density at radius 2 is 2.06 bits per heavy atom. The quantitative estimate of drug-likeness (QED) is 0.392. The summed E-state index contributed by atoms with van der Waals surface area (Å²) < 4.78 is 18.9. The molecule has 0 saturated heterocycles. The van der Waals surface area contributed by atoms with E-state index in [4.69, 9.17) is 14.2 Å². The Hall–Kier alpha value is -3.20. The number of amides is 1. The lowest BCUT2D eigenvalue weighted by atomic mass is 10.0. The third kappa shape index (κ3) is 5.16. The third-order valence-electron chi connectivity index (χ3n) is 4.94. The Morgan fingerprint density at radius 3 is 2.84 bits per heavy atom. The monoisotopic (exact) mass is 454 g/mol. The number of ether oxygens (including phenoxy) is 3. The van der Waals surface area contributed by atoms with Crippen LogP contribution < -0.4 is 19.5 Å². The zero-order valence-electron chi connectivity index (χ0n) is 18.3. The van der Waals surface area contributed by atoms with Crippen molar-refractivity contribution < 1.29 is 19.0 Å². The van der Waals surface area contributed by atoms with E-state index in [1.165, 1.54) is 11.8 Å². The second kappa shape index (κ2) is 9.52. The van der Waals surface area contributed by atoms with Crippen molar-refractivity contribution in [3.05, 3.63) is 54.4 Å². The molecule has 2 aromatic carbocycles. The number of thioether (sulfide) groups is 1. The van der Waals surface area contributed by atoms with Gasteiger partial charge in [-0.2, -0.15) is 0 Å². The van der Waals surface area contributed by atoms with Gasteiger partial charge in [-0.1, -0.05) is 23.9 Å². The molecular weight excluding hydrogens is 428 g/mol. The largest absolute Gasteiger partial charge is 0.497 e. The summed E-state index contributed by atoms with van der Waals surface area (Å²) in [6.07, 6.45) is 2.48. The van der Waals surface area contributed by atoms with E-state index >= 15 is 0 Å². The number of nitrogens with zero attached hydrogens (tertiary/aromatic N) is 3. The molecule has 0 saturated carbocycles. The standard InChI is InChI=1S/C23H26N4O4S/c1-23(2)13-16-5-4-6-19(21(16)31-23)30-12-11-24-20(28)14-32-22-26-25-15-27(22)17-7-9-18(29-3)10-8-17/h4-10,15H,11-14H2,1-3H3,(H,24,28). The summed E-state index contributed by atoms with van der Waals surface area (Å²) in [5, 5.41) is 11.6. The van der Waals surface area contributed by atoms with Crippen molar-refractivity contribution in [2.24, 2.45) is 0 Å². The topological polar surface area (TPSA) is 87.5 Å². The minimum Gasteiger partial charge on any atom is -0.497 e. The molecule has 9 heteroatoms. The molecule has 1 aliphatic heterocycles. The molecule has 0 aliphatic carbocycles. The number of aromatic nitrogens is 3. The van der Waals surface area contributed by atoms with Gasteiger partial charge in [0.25, 0.3) is 0 Å². The maximum atomic E-state index is 12.3. The van der Waals surface area contributed by atoms with Crippen LogP contribution in [0.1, 0.15) is 19.4 Å². The Kier molecular flexibility index (Phi) is 6.55. The first kappa shape index (κ1) is 22.0. The maximum absolute atomic E-state index is 12.3. The summed E-state index contributed by atoms with van der Waals surface area (Å²) in [6.45, 7) is 4.88. The van der Waals surface area contributed by atoms with Gasteiger partial charge in [-0.25, -0.2) is 0 Å². The predicted molar refractivity (Wildman–Crippen MR) is 122 cm³/mol. The maximum Gasteiger partial charge on any atom is 0.230 e. The average Bonchev–Trinajstić information content (AvgIpc) is 3.38. The van der Waals surface area contributed by atoms with E-state index in [-0.39, 0.29) is 17.3 Å². The number of para-hydroxylation sites is 1. The van der Waals surface area contributed by atoms with E-state index in [0.717, 1.165) is 29.2 Å². The van der Waals surface area contributed by atoms with Crippen LogP contribution in [0.15, 0.2) is 53.9 Å². The first-order valence-corrected chi connectivity index (χ1v) is 11.3. The van der Waals surface area contributed by atoms with Crippen LogP contribution in [0.25, 0.3) is 5.69 Å². The summed E-state index contributed by atoms with van der Waals surface area (Å²) in [7, 11) is 1.62. The van der Waals surface area contributed by atoms with Crippen molar-refractivity contribution in [3.8, 4) is 22.9 Å². The number of hydrogen-bond acceptors (Lipinski definition) is 7. The van der Waals surface area contributed by atoms with Gasteiger partial charge >= 0.3 is 0 Å². The van der Waals surface area contributed by atoms with Gasteiger partial charge < -0.3 is 19.5 Å². The van der Waals surface area contributed by atoms with Crippen molar-refractivity contribution in [2.75, 3.05) is 26.0 Å². The van der Waals surface area contributed by atoms with Gasteiger partial charge in [0.05, 0.1) is 19.4 Å². The van der Waals surface area contributed by atoms with Crippen LogP contribution in [-0.2, 0) is 11.2 Å². The van der Waals surface area contributed by atoms with Crippen LogP contribution in [0.5, 0.6) is 17.2 Å². The second-order valence-corrected chi connectivity index (χ2v) is 8.89. The first-order chi connectivity index (χ1) is 15.4. The summed E-state index contributed by atoms with van der Waals surface area (Å²) in [4.78, 5) is 12.3. The van der Waals surface area contributed by atoms with Crippen molar-refractivity contribution in [3.63, 3.8) is 0 Å². The van der Waals surface area contributed by atoms with Gasteiger partial charge in [-0.15, -0.1) is 10.2 Å². The van der Waals surface area contributed by atoms with Gasteiger partial charge in [0.15, 0.2) is 16.7 Å². The molecule has 0 fully saturated rings. The lowest BCUT2D eigenvalue weighted by molar-refractivity contribution is -0.118. The molecule has 0 unspecified atom stereocenters. The number of methoxy groups -OCH3 is 1. The summed E-state index contributed by atoms with van der Waals surface area (Å²) >= 11 is 1.32.